The quantitative estimate of drug-likeness (QED) is 0.140. The minimum Gasteiger partial charge on any atom is -1.00 e. The highest BCUT2D eigenvalue weighted by Crippen LogP contribution is 2.16. The normalized spacial score (nSPS) is 10.7. The van der Waals surface area contributed by atoms with Crippen LogP contribution in [0.15, 0.2) is 60.1 Å². The average Bonchev–Trinajstić information content (AvgIpc) is 3.33. The number of hydrogen-bond donors (Lipinski definition) is 1. The van der Waals surface area contributed by atoms with E-state index in [4.69, 9.17) is 4.74 Å². The lowest BCUT2D eigenvalue weighted by Gasteiger charge is -2.08. The molecule has 0 unspecified atom stereocenters. The largest absolute Gasteiger partial charge is 1.00 e. The number of carbonyl (C=O) groups excluding carboxylic acids is 1. The van der Waals surface area contributed by atoms with Gasteiger partial charge in [0.25, 0.3) is 0 Å². The van der Waals surface area contributed by atoms with Crippen LogP contribution in [-0.2, 0) is 17.8 Å². The minimum absolute atomic E-state index is 0. The summed E-state index contributed by atoms with van der Waals surface area (Å²) in [6, 6.07) is 16.0. The van der Waals surface area contributed by atoms with Crippen LogP contribution in [-0.4, -0.2) is 12.5 Å². The Morgan fingerprint density at radius 2 is 1.36 bits per heavy atom. The highest BCUT2D eigenvalue weighted by molar-refractivity contribution is 7.09. The first kappa shape index (κ1) is 33.0. The molecule has 1 N–H and O–H groups in total. The van der Waals surface area contributed by atoms with Gasteiger partial charge in [0.1, 0.15) is 5.75 Å². The summed E-state index contributed by atoms with van der Waals surface area (Å²) in [5.74, 6) is 0.873. The average molecular weight is 616 g/mol. The number of aromatic nitrogens is 1. The number of rotatable bonds is 19. The van der Waals surface area contributed by atoms with Gasteiger partial charge in [0, 0.05) is 18.2 Å². The molecule has 0 aliphatic heterocycles. The van der Waals surface area contributed by atoms with Crippen LogP contribution in [0.2, 0.25) is 0 Å². The molecular weight excluding hydrogens is 568 g/mol. The molecule has 6 heteroatoms. The third kappa shape index (κ3) is 13.6. The van der Waals surface area contributed by atoms with Gasteiger partial charge in [-0.1, -0.05) is 113 Å². The number of aryl methyl sites for hydroxylation is 1. The second-order valence-corrected chi connectivity index (χ2v) is 11.5. The maximum Gasteiger partial charge on any atom is 0.234 e. The summed E-state index contributed by atoms with van der Waals surface area (Å²) in [6.07, 6.45) is 18.6. The lowest BCUT2D eigenvalue weighted by atomic mass is 10.1. The summed E-state index contributed by atoms with van der Waals surface area (Å²) in [5.41, 5.74) is 3.03. The van der Waals surface area contributed by atoms with Crippen LogP contribution in [0.25, 0.3) is 0 Å². The number of anilines is 1. The molecule has 1 heterocycles. The zero-order valence-electron chi connectivity index (χ0n) is 23.9. The molecule has 2 aromatic carbocycles. The molecule has 0 saturated carbocycles. The smallest absolute Gasteiger partial charge is 0.234 e. The highest BCUT2D eigenvalue weighted by atomic mass is 79.9. The van der Waals surface area contributed by atoms with Crippen molar-refractivity contribution in [2.45, 2.75) is 104 Å². The van der Waals surface area contributed by atoms with E-state index in [-0.39, 0.29) is 22.9 Å². The molecule has 0 atom stereocenters. The molecule has 0 aliphatic rings. The maximum atomic E-state index is 12.5. The fourth-order valence-corrected chi connectivity index (χ4v) is 5.32. The number of amides is 1. The van der Waals surface area contributed by atoms with Crippen LogP contribution in [0, 0.1) is 6.92 Å². The summed E-state index contributed by atoms with van der Waals surface area (Å²) in [5, 5.41) is 6.39. The van der Waals surface area contributed by atoms with Crippen LogP contribution < -0.4 is 31.6 Å². The van der Waals surface area contributed by atoms with Crippen molar-refractivity contribution in [1.29, 1.82) is 0 Å². The summed E-state index contributed by atoms with van der Waals surface area (Å²) in [6.45, 7) is 6.01. The van der Waals surface area contributed by atoms with E-state index in [1.54, 1.807) is 11.3 Å². The molecule has 39 heavy (non-hydrogen) atoms. The highest BCUT2D eigenvalue weighted by Gasteiger charge is 2.09. The van der Waals surface area contributed by atoms with Crippen LogP contribution in [0.5, 0.6) is 5.75 Å². The van der Waals surface area contributed by atoms with Crippen LogP contribution in [0.4, 0.5) is 5.69 Å². The first-order valence-corrected chi connectivity index (χ1v) is 15.6. The van der Waals surface area contributed by atoms with Crippen molar-refractivity contribution in [2.75, 3.05) is 11.9 Å². The first-order valence-electron chi connectivity index (χ1n) is 14.7. The number of thiazole rings is 1. The summed E-state index contributed by atoms with van der Waals surface area (Å²) < 4.78 is 8.13. The SMILES string of the molecule is CCCCCCCCCCCCCCOc1ccc(CC(=O)Nc2ccc(C[n+]3ccsc3C)cc2)cc1.[Br-]. The van der Waals surface area contributed by atoms with Crippen LogP contribution >= 0.6 is 11.3 Å². The summed E-state index contributed by atoms with van der Waals surface area (Å²) in [4.78, 5) is 12.5. The lowest BCUT2D eigenvalue weighted by Crippen LogP contribution is -3.00. The van der Waals surface area contributed by atoms with E-state index in [0.29, 0.717) is 6.42 Å². The van der Waals surface area contributed by atoms with E-state index in [2.05, 4.69) is 47.4 Å². The van der Waals surface area contributed by atoms with E-state index in [1.165, 1.54) is 81.2 Å². The predicted octanol–water partition coefficient (Wildman–Crippen LogP) is 5.66. The third-order valence-corrected chi connectivity index (χ3v) is 7.86. The van der Waals surface area contributed by atoms with Crippen molar-refractivity contribution < 1.29 is 31.1 Å². The summed E-state index contributed by atoms with van der Waals surface area (Å²) in [7, 11) is 0. The van der Waals surface area contributed by atoms with Gasteiger partial charge >= 0.3 is 0 Å². The van der Waals surface area contributed by atoms with Crippen molar-refractivity contribution >= 4 is 22.9 Å². The van der Waals surface area contributed by atoms with Gasteiger partial charge < -0.3 is 27.0 Å². The van der Waals surface area contributed by atoms with Crippen LogP contribution in [0.1, 0.15) is 100 Å². The zero-order chi connectivity index (χ0) is 26.8. The molecule has 0 saturated heterocycles. The predicted molar refractivity (Wildman–Crippen MR) is 160 cm³/mol. The molecular formula is C33H47BrN2O2S. The molecule has 0 radical (unpaired) electrons. The Hall–Kier alpha value is -2.18. The molecule has 1 aromatic heterocycles. The second-order valence-electron chi connectivity index (χ2n) is 10.4. The fraction of sp³-hybridized carbons (Fsp3) is 0.515. The number of nitrogens with zero attached hydrogens (tertiary/aromatic N) is 1. The van der Waals surface area contributed by atoms with Gasteiger partial charge in [0.15, 0.2) is 12.7 Å². The summed E-state index contributed by atoms with van der Waals surface area (Å²) >= 11 is 1.75. The van der Waals surface area contributed by atoms with Gasteiger partial charge in [0.2, 0.25) is 10.9 Å². The monoisotopic (exact) mass is 614 g/mol. The number of hydrogen-bond acceptors (Lipinski definition) is 3. The zero-order valence-corrected chi connectivity index (χ0v) is 26.3. The van der Waals surface area contributed by atoms with Crippen LogP contribution in [0.3, 0.4) is 0 Å². The van der Waals surface area contributed by atoms with E-state index in [0.717, 1.165) is 36.6 Å². The standard InChI is InChI=1S/C33H46N2O2S.BrH/c1-3-4-5-6-7-8-9-10-11-12-13-14-24-37-32-21-17-29(18-22-32)26-33(36)34-31-19-15-30(16-20-31)27-35-23-25-38-28(35)2;/h15-23,25H,3-14,24,26-27H2,1-2H3;1H. The third-order valence-electron chi connectivity index (χ3n) is 7.03. The molecule has 0 aliphatic carbocycles. The Morgan fingerprint density at radius 3 is 1.92 bits per heavy atom. The van der Waals surface area contributed by atoms with Crippen molar-refractivity contribution in [3.8, 4) is 5.75 Å². The number of halogens is 1. The molecule has 0 spiro atoms. The van der Waals surface area contributed by atoms with E-state index in [1.807, 2.05) is 36.4 Å². The number of nitrogens with one attached hydrogen (secondary N) is 1. The minimum atomic E-state index is -0.00837. The first-order chi connectivity index (χ1) is 18.6. The molecule has 1 amide bonds. The van der Waals surface area contributed by atoms with E-state index >= 15 is 0 Å². The second kappa shape index (κ2) is 19.8. The van der Waals surface area contributed by atoms with Crippen molar-refractivity contribution in [2.24, 2.45) is 0 Å². The maximum absolute atomic E-state index is 12.5. The Morgan fingerprint density at radius 1 is 0.795 bits per heavy atom. The number of carbonyl (C=O) groups is 1. The molecule has 214 valence electrons. The molecule has 4 nitrogen and oxygen atoms in total. The fourth-order valence-electron chi connectivity index (χ4n) is 4.66. The van der Waals surface area contributed by atoms with Gasteiger partial charge in [0.05, 0.1) is 18.4 Å². The van der Waals surface area contributed by atoms with Gasteiger partial charge in [-0.05, 0) is 36.2 Å². The topological polar surface area (TPSA) is 42.2 Å². The lowest BCUT2D eigenvalue weighted by molar-refractivity contribution is -0.689. The Bertz CT molecular complexity index is 1050. The van der Waals surface area contributed by atoms with Gasteiger partial charge in [-0.25, -0.2) is 0 Å². The Kier molecular flexibility index (Phi) is 16.8. The van der Waals surface area contributed by atoms with Crippen molar-refractivity contribution in [3.63, 3.8) is 0 Å². The Balaban J connectivity index is 0.00000533. The Labute approximate surface area is 251 Å². The molecule has 3 aromatic rings. The van der Waals surface area contributed by atoms with Gasteiger partial charge in [-0.15, -0.1) is 0 Å². The van der Waals surface area contributed by atoms with E-state index in [9.17, 15) is 4.79 Å². The molecule has 0 fully saturated rings. The number of unbranched alkanes of at least 4 members (excludes halogenated alkanes) is 11. The van der Waals surface area contributed by atoms with Gasteiger partial charge in [-0.3, -0.25) is 4.79 Å². The number of benzene rings is 2. The van der Waals surface area contributed by atoms with Crippen molar-refractivity contribution in [3.05, 3.63) is 76.2 Å². The van der Waals surface area contributed by atoms with E-state index < -0.39 is 0 Å². The molecule has 3 rings (SSSR count). The molecule has 0 bridgehead atoms. The number of ether oxygens (including phenoxy) is 1. The van der Waals surface area contributed by atoms with Crippen molar-refractivity contribution in [1.82, 2.24) is 0 Å². The van der Waals surface area contributed by atoms with Gasteiger partial charge in [-0.2, -0.15) is 4.57 Å².